The molecular formula is C25H16Cl2FN5O2. The smallest absolute Gasteiger partial charge is 0.272 e. The lowest BCUT2D eigenvalue weighted by Crippen LogP contribution is -2.18. The molecule has 3 aromatic heterocycles. The molecule has 0 radical (unpaired) electrons. The molecule has 3 heterocycles. The summed E-state index contributed by atoms with van der Waals surface area (Å²) in [4.78, 5) is 17.9. The summed E-state index contributed by atoms with van der Waals surface area (Å²) < 4.78 is 21.1. The number of hydrogen-bond acceptors (Lipinski definition) is 5. The fourth-order valence-corrected chi connectivity index (χ4v) is 4.09. The van der Waals surface area contributed by atoms with Crippen molar-refractivity contribution in [1.29, 1.82) is 0 Å². The Kier molecular flexibility index (Phi) is 6.07. The highest BCUT2D eigenvalue weighted by molar-refractivity contribution is 6.33. The van der Waals surface area contributed by atoms with Crippen LogP contribution in [0.2, 0.25) is 10.0 Å². The number of nitrogens with zero attached hydrogens (tertiary/aromatic N) is 4. The number of benzene rings is 2. The summed E-state index contributed by atoms with van der Waals surface area (Å²) >= 11 is 12.4. The lowest BCUT2D eigenvalue weighted by atomic mass is 10.1. The fourth-order valence-electron chi connectivity index (χ4n) is 3.66. The monoisotopic (exact) mass is 507 g/mol. The second-order valence-corrected chi connectivity index (χ2v) is 8.33. The molecule has 174 valence electrons. The Morgan fingerprint density at radius 1 is 1.11 bits per heavy atom. The van der Waals surface area contributed by atoms with Crippen molar-refractivity contribution in [3.63, 3.8) is 0 Å². The molecule has 7 nitrogen and oxygen atoms in total. The van der Waals surface area contributed by atoms with E-state index in [-0.39, 0.29) is 16.1 Å². The molecule has 0 fully saturated rings. The van der Waals surface area contributed by atoms with E-state index < -0.39 is 11.7 Å². The van der Waals surface area contributed by atoms with Crippen LogP contribution in [0.1, 0.15) is 21.6 Å². The number of carbonyl (C=O) groups is 1. The van der Waals surface area contributed by atoms with E-state index in [2.05, 4.69) is 15.6 Å². The highest BCUT2D eigenvalue weighted by Gasteiger charge is 2.22. The molecule has 0 saturated carbocycles. The lowest BCUT2D eigenvalue weighted by molar-refractivity contribution is 0.0956. The van der Waals surface area contributed by atoms with Crippen molar-refractivity contribution in [2.75, 3.05) is 0 Å². The van der Waals surface area contributed by atoms with E-state index >= 15 is 0 Å². The van der Waals surface area contributed by atoms with Gasteiger partial charge in [-0.3, -0.25) is 4.79 Å². The lowest BCUT2D eigenvalue weighted by Gasteiger charge is -2.08. The number of hydrogen-bond donors (Lipinski definition) is 1. The van der Waals surface area contributed by atoms with Crippen LogP contribution in [0.5, 0.6) is 0 Å². The van der Waals surface area contributed by atoms with E-state index in [0.29, 0.717) is 38.9 Å². The van der Waals surface area contributed by atoms with Crippen molar-refractivity contribution in [2.45, 2.75) is 6.92 Å². The first-order valence-corrected chi connectivity index (χ1v) is 11.2. The van der Waals surface area contributed by atoms with Gasteiger partial charge in [-0.25, -0.2) is 19.5 Å². The molecule has 0 aliphatic heterocycles. The molecule has 0 bridgehead atoms. The van der Waals surface area contributed by atoms with E-state index in [1.165, 1.54) is 24.5 Å². The molecule has 0 saturated heterocycles. The highest BCUT2D eigenvalue weighted by atomic mass is 35.5. The quantitative estimate of drug-likeness (QED) is 0.226. The molecule has 2 aromatic carbocycles. The minimum absolute atomic E-state index is 0.0633. The molecule has 35 heavy (non-hydrogen) atoms. The number of hydrazone groups is 1. The van der Waals surface area contributed by atoms with Gasteiger partial charge in [0.15, 0.2) is 11.4 Å². The average Bonchev–Trinajstić information content (AvgIpc) is 3.49. The number of para-hydroxylation sites is 1. The van der Waals surface area contributed by atoms with Crippen LogP contribution in [-0.4, -0.2) is 26.9 Å². The van der Waals surface area contributed by atoms with E-state index in [0.717, 1.165) is 6.21 Å². The summed E-state index contributed by atoms with van der Waals surface area (Å²) in [5, 5.41) is 9.65. The molecule has 0 atom stereocenters. The zero-order chi connectivity index (χ0) is 24.5. The van der Waals surface area contributed by atoms with Gasteiger partial charge in [-0.15, -0.1) is 0 Å². The van der Waals surface area contributed by atoms with Gasteiger partial charge in [-0.1, -0.05) is 41.4 Å². The third kappa shape index (κ3) is 4.29. The summed E-state index contributed by atoms with van der Waals surface area (Å²) in [5.41, 5.74) is 4.76. The van der Waals surface area contributed by atoms with Gasteiger partial charge >= 0.3 is 0 Å². The minimum Gasteiger partial charge on any atom is -0.463 e. The van der Waals surface area contributed by atoms with Crippen molar-refractivity contribution in [2.24, 2.45) is 5.10 Å². The van der Waals surface area contributed by atoms with Crippen molar-refractivity contribution in [3.05, 3.63) is 99.6 Å². The first kappa shape index (κ1) is 22.8. The van der Waals surface area contributed by atoms with Gasteiger partial charge in [0.25, 0.3) is 5.91 Å². The molecule has 5 aromatic rings. The van der Waals surface area contributed by atoms with Crippen molar-refractivity contribution >= 4 is 46.4 Å². The van der Waals surface area contributed by atoms with E-state index in [9.17, 15) is 9.18 Å². The standard InChI is InChI=1S/C25H16Cl2FN5O2/c1-14-23-15(25(34)31-29-13-16-17(26)7-4-8-19(16)28)12-20(22-10-5-11-35-22)30-24(23)33(32-14)21-9-3-2-6-18(21)27/h2-13H,1H3,(H,31,34). The van der Waals surface area contributed by atoms with Gasteiger partial charge in [0.1, 0.15) is 11.5 Å². The maximum Gasteiger partial charge on any atom is 0.272 e. The number of fused-ring (bicyclic) bond motifs is 1. The largest absolute Gasteiger partial charge is 0.463 e. The number of nitrogens with one attached hydrogen (secondary N) is 1. The third-order valence-electron chi connectivity index (χ3n) is 5.27. The zero-order valence-corrected chi connectivity index (χ0v) is 19.7. The number of carbonyl (C=O) groups excluding carboxylic acids is 1. The second-order valence-electron chi connectivity index (χ2n) is 7.51. The normalized spacial score (nSPS) is 11.4. The number of pyridine rings is 1. The molecule has 0 aliphatic carbocycles. The topological polar surface area (TPSA) is 85.3 Å². The number of aromatic nitrogens is 3. The summed E-state index contributed by atoms with van der Waals surface area (Å²) in [6, 6.07) is 16.5. The molecule has 0 aliphatic rings. The Hall–Kier alpha value is -4.01. The molecule has 1 N–H and O–H groups in total. The number of aryl methyl sites for hydroxylation is 1. The van der Waals surface area contributed by atoms with Crippen LogP contribution in [0.4, 0.5) is 4.39 Å². The summed E-state index contributed by atoms with van der Waals surface area (Å²) in [5.74, 6) is -0.637. The third-order valence-corrected chi connectivity index (χ3v) is 5.92. The summed E-state index contributed by atoms with van der Waals surface area (Å²) in [6.07, 6.45) is 2.67. The van der Waals surface area contributed by atoms with Crippen LogP contribution in [0, 0.1) is 12.7 Å². The molecule has 10 heteroatoms. The van der Waals surface area contributed by atoms with Crippen LogP contribution in [0.15, 0.2) is 76.4 Å². The van der Waals surface area contributed by atoms with Crippen LogP contribution < -0.4 is 5.43 Å². The van der Waals surface area contributed by atoms with Crippen LogP contribution in [0.3, 0.4) is 0 Å². The van der Waals surface area contributed by atoms with E-state index in [4.69, 9.17) is 32.6 Å². The van der Waals surface area contributed by atoms with Gasteiger partial charge < -0.3 is 4.42 Å². The van der Waals surface area contributed by atoms with Crippen LogP contribution >= 0.6 is 23.2 Å². The van der Waals surface area contributed by atoms with Gasteiger partial charge in [-0.05, 0) is 49.4 Å². The Labute approximate surface area is 208 Å². The van der Waals surface area contributed by atoms with Crippen molar-refractivity contribution in [1.82, 2.24) is 20.2 Å². The van der Waals surface area contributed by atoms with Gasteiger partial charge in [0, 0.05) is 5.56 Å². The predicted molar refractivity (Wildman–Crippen MR) is 133 cm³/mol. The maximum atomic E-state index is 14.0. The number of halogens is 3. The molecule has 1 amide bonds. The Morgan fingerprint density at radius 3 is 2.66 bits per heavy atom. The summed E-state index contributed by atoms with van der Waals surface area (Å²) in [7, 11) is 0. The van der Waals surface area contributed by atoms with Crippen LogP contribution in [-0.2, 0) is 0 Å². The maximum absolute atomic E-state index is 14.0. The van der Waals surface area contributed by atoms with Crippen molar-refractivity contribution in [3.8, 4) is 17.1 Å². The predicted octanol–water partition coefficient (Wildman–Crippen LogP) is 6.20. The first-order valence-electron chi connectivity index (χ1n) is 10.4. The number of amides is 1. The number of rotatable bonds is 5. The van der Waals surface area contributed by atoms with E-state index in [1.54, 1.807) is 41.9 Å². The number of furan rings is 1. The highest BCUT2D eigenvalue weighted by Crippen LogP contribution is 2.31. The Bertz CT molecular complexity index is 1580. The van der Waals surface area contributed by atoms with Crippen LogP contribution in [0.25, 0.3) is 28.2 Å². The van der Waals surface area contributed by atoms with Gasteiger partial charge in [0.05, 0.1) is 44.9 Å². The Balaban J connectivity index is 1.62. The van der Waals surface area contributed by atoms with Gasteiger partial charge in [0.2, 0.25) is 0 Å². The van der Waals surface area contributed by atoms with Crippen molar-refractivity contribution < 1.29 is 13.6 Å². The SMILES string of the molecule is Cc1nn(-c2ccccc2Cl)c2nc(-c3ccco3)cc(C(=O)NN=Cc3c(F)cccc3Cl)c12. The molecule has 0 unspecified atom stereocenters. The van der Waals surface area contributed by atoms with E-state index in [1.807, 2.05) is 12.1 Å². The first-order chi connectivity index (χ1) is 16.9. The molecule has 0 spiro atoms. The molecular weight excluding hydrogens is 492 g/mol. The molecule has 5 rings (SSSR count). The second kappa shape index (κ2) is 9.32. The fraction of sp³-hybridized carbons (Fsp3) is 0.0400. The Morgan fingerprint density at radius 2 is 1.91 bits per heavy atom. The summed E-state index contributed by atoms with van der Waals surface area (Å²) in [6.45, 7) is 1.77. The average molecular weight is 508 g/mol. The zero-order valence-electron chi connectivity index (χ0n) is 18.2. The van der Waals surface area contributed by atoms with Gasteiger partial charge in [-0.2, -0.15) is 10.2 Å². The minimum atomic E-state index is -0.557.